The van der Waals surface area contributed by atoms with Gasteiger partial charge in [-0.2, -0.15) is 10.6 Å². The molecule has 0 aliphatic carbocycles. The highest BCUT2D eigenvalue weighted by molar-refractivity contribution is 7.75. The number of rotatable bonds is 7. The molecule has 2 aromatic heterocycles. The van der Waals surface area contributed by atoms with Crippen LogP contribution in [0.4, 0.5) is 5.69 Å². The number of benzene rings is 9. The highest BCUT2D eigenvalue weighted by Crippen LogP contribution is 2.47. The van der Waals surface area contributed by atoms with Gasteiger partial charge in [0.05, 0.1) is 22.1 Å². The van der Waals surface area contributed by atoms with Crippen LogP contribution in [0.25, 0.3) is 83.0 Å². The summed E-state index contributed by atoms with van der Waals surface area (Å²) in [5, 5.41) is 7.19. The van der Waals surface area contributed by atoms with Crippen molar-refractivity contribution in [1.29, 1.82) is 0 Å². The molecule has 5 heteroatoms. The zero-order valence-corrected chi connectivity index (χ0v) is 32.8. The standard InChI is InChI=1S/C54H36N3OS/c58-59(41-25-8-3-9-26-41)55-48-32-15-12-27-42(48)47(38-21-6-2-7-22-38)36-56-49-33-16-13-30-45(49)51-43-28-10-11-29-44(43)52-46-31-14-17-34-50(46)57(54(52)53(51)56)40-24-18-23-39(35-40)37-19-4-1-5-20-37/h1-36H/q-1/b47-36+. The van der Waals surface area contributed by atoms with E-state index in [1.807, 2.05) is 54.6 Å². The Hall–Kier alpha value is -7.47. The third-order valence-corrected chi connectivity index (χ3v) is 12.4. The first-order valence-electron chi connectivity index (χ1n) is 19.8. The molecule has 0 spiro atoms. The predicted molar refractivity (Wildman–Crippen MR) is 248 cm³/mol. The first-order chi connectivity index (χ1) is 29.2. The molecule has 0 saturated heterocycles. The van der Waals surface area contributed by atoms with Crippen LogP contribution in [0.1, 0.15) is 11.1 Å². The lowest BCUT2D eigenvalue weighted by molar-refractivity contribution is 0.600. The van der Waals surface area contributed by atoms with Crippen LogP contribution in [0.3, 0.4) is 0 Å². The normalized spacial score (nSPS) is 12.6. The van der Waals surface area contributed by atoms with Gasteiger partial charge in [0.1, 0.15) is 0 Å². The van der Waals surface area contributed by atoms with Crippen LogP contribution in [-0.2, 0) is 14.8 Å². The van der Waals surface area contributed by atoms with Crippen molar-refractivity contribution in [3.63, 3.8) is 0 Å². The Bertz CT molecular complexity index is 3500. The van der Waals surface area contributed by atoms with Gasteiger partial charge >= 0.3 is 0 Å². The Morgan fingerprint density at radius 1 is 0.475 bits per heavy atom. The SMILES string of the molecule is O=[S-](=Nc1ccccc1/C(=C/n1c2ccccc2c2c3ccccc3c3c4ccccc4n(-c4cccc(-c5ccccc5)c4)c3c21)c1ccccc1)c1ccccc1. The van der Waals surface area contributed by atoms with Gasteiger partial charge in [-0.3, -0.25) is 0 Å². The van der Waals surface area contributed by atoms with E-state index in [2.05, 4.69) is 173 Å². The Morgan fingerprint density at radius 2 is 1.02 bits per heavy atom. The monoisotopic (exact) mass is 774 g/mol. The zero-order chi connectivity index (χ0) is 39.3. The fourth-order valence-corrected chi connectivity index (χ4v) is 9.62. The van der Waals surface area contributed by atoms with Crippen molar-refractivity contribution in [2.24, 2.45) is 4.36 Å². The number of fused-ring (bicyclic) bond motifs is 10. The van der Waals surface area contributed by atoms with Gasteiger partial charge in [-0.05, 0) is 57.8 Å². The molecule has 0 unspecified atom stereocenters. The van der Waals surface area contributed by atoms with Crippen molar-refractivity contribution in [2.75, 3.05) is 0 Å². The van der Waals surface area contributed by atoms with Crippen molar-refractivity contribution in [1.82, 2.24) is 9.13 Å². The lowest BCUT2D eigenvalue weighted by atomic mass is 9.97. The second-order valence-corrected chi connectivity index (χ2v) is 15.9. The number of hydrogen-bond donors (Lipinski definition) is 0. The van der Waals surface area contributed by atoms with Crippen LogP contribution < -0.4 is 0 Å². The maximum absolute atomic E-state index is 13.8. The molecule has 4 nitrogen and oxygen atoms in total. The Kier molecular flexibility index (Phi) is 8.53. The second kappa shape index (κ2) is 14.5. The minimum absolute atomic E-state index is 0.660. The molecule has 11 aromatic rings. The van der Waals surface area contributed by atoms with Gasteiger partial charge in [0.15, 0.2) is 0 Å². The predicted octanol–water partition coefficient (Wildman–Crippen LogP) is 14.6. The van der Waals surface area contributed by atoms with Crippen molar-refractivity contribution >= 4 is 82.4 Å². The van der Waals surface area contributed by atoms with E-state index in [0.717, 1.165) is 50.0 Å². The van der Waals surface area contributed by atoms with E-state index in [1.54, 1.807) is 0 Å². The van der Waals surface area contributed by atoms with Crippen LogP contribution in [0.5, 0.6) is 0 Å². The topological polar surface area (TPSA) is 39.3 Å². The largest absolute Gasteiger partial charge is 0.440 e. The highest BCUT2D eigenvalue weighted by atomic mass is 32.2. The smallest absolute Gasteiger partial charge is 0.0795 e. The molecule has 0 bridgehead atoms. The highest BCUT2D eigenvalue weighted by Gasteiger charge is 2.24. The molecular weight excluding hydrogens is 739 g/mol. The van der Waals surface area contributed by atoms with Crippen LogP contribution in [0.15, 0.2) is 222 Å². The van der Waals surface area contributed by atoms with E-state index >= 15 is 0 Å². The third kappa shape index (κ3) is 5.86. The number of aromatic nitrogens is 2. The third-order valence-electron chi connectivity index (χ3n) is 11.4. The second-order valence-electron chi connectivity index (χ2n) is 14.7. The van der Waals surface area contributed by atoms with E-state index in [9.17, 15) is 4.21 Å². The summed E-state index contributed by atoms with van der Waals surface area (Å²) in [7, 11) is -1.60. The van der Waals surface area contributed by atoms with Gasteiger partial charge in [0.25, 0.3) is 0 Å². The molecule has 280 valence electrons. The van der Waals surface area contributed by atoms with E-state index in [1.165, 1.54) is 37.9 Å². The van der Waals surface area contributed by atoms with Crippen LogP contribution in [-0.4, -0.2) is 9.13 Å². The quantitative estimate of drug-likeness (QED) is 0.149. The average Bonchev–Trinajstić information content (AvgIpc) is 3.83. The molecule has 2 heterocycles. The van der Waals surface area contributed by atoms with Crippen molar-refractivity contribution in [3.8, 4) is 16.8 Å². The van der Waals surface area contributed by atoms with Crippen molar-refractivity contribution in [3.05, 3.63) is 223 Å². The zero-order valence-electron chi connectivity index (χ0n) is 31.9. The summed E-state index contributed by atoms with van der Waals surface area (Å²) < 4.78 is 23.5. The van der Waals surface area contributed by atoms with Crippen LogP contribution >= 0.6 is 0 Å². The fraction of sp³-hybridized carbons (Fsp3) is 0. The van der Waals surface area contributed by atoms with Crippen molar-refractivity contribution < 1.29 is 4.21 Å². The summed E-state index contributed by atoms with van der Waals surface area (Å²) in [5.74, 6) is 0. The molecule has 0 N–H and O–H groups in total. The van der Waals surface area contributed by atoms with E-state index in [4.69, 9.17) is 4.36 Å². The van der Waals surface area contributed by atoms with Gasteiger partial charge in [-0.25, -0.2) is 0 Å². The molecular formula is C54H36N3OS-. The minimum atomic E-state index is -1.60. The lowest BCUT2D eigenvalue weighted by Crippen LogP contribution is -1.98. The molecule has 0 fully saturated rings. The minimum Gasteiger partial charge on any atom is -0.440 e. The van der Waals surface area contributed by atoms with Crippen LogP contribution in [0.2, 0.25) is 0 Å². The summed E-state index contributed by atoms with van der Waals surface area (Å²) in [6.45, 7) is 0. The fourth-order valence-electron chi connectivity index (χ4n) is 8.79. The van der Waals surface area contributed by atoms with Gasteiger partial charge in [-0.15, -0.1) is 0 Å². The van der Waals surface area contributed by atoms with E-state index < -0.39 is 10.6 Å². The summed E-state index contributed by atoms with van der Waals surface area (Å²) in [6, 6.07) is 73.8. The number of para-hydroxylation sites is 2. The molecule has 0 saturated carbocycles. The summed E-state index contributed by atoms with van der Waals surface area (Å²) >= 11 is 0. The molecule has 0 aliphatic rings. The van der Waals surface area contributed by atoms with Gasteiger partial charge in [0.2, 0.25) is 0 Å². The van der Waals surface area contributed by atoms with E-state index in [0.29, 0.717) is 10.6 Å². The van der Waals surface area contributed by atoms with Gasteiger partial charge < -0.3 is 17.7 Å². The molecule has 0 atom stereocenters. The van der Waals surface area contributed by atoms with Crippen LogP contribution in [0, 0.1) is 0 Å². The number of hydrogen-bond acceptors (Lipinski definition) is 3. The molecule has 0 amide bonds. The first kappa shape index (κ1) is 34.8. The maximum atomic E-state index is 13.8. The van der Waals surface area contributed by atoms with Gasteiger partial charge in [-0.1, -0.05) is 187 Å². The Morgan fingerprint density at radius 3 is 1.75 bits per heavy atom. The summed E-state index contributed by atoms with van der Waals surface area (Å²) in [5.41, 5.74) is 11.4. The molecule has 11 rings (SSSR count). The Balaban J connectivity index is 1.30. The lowest BCUT2D eigenvalue weighted by Gasteiger charge is -2.16. The average molecular weight is 775 g/mol. The molecule has 59 heavy (non-hydrogen) atoms. The van der Waals surface area contributed by atoms with E-state index in [-0.39, 0.29) is 0 Å². The Labute approximate surface area is 343 Å². The molecule has 0 radical (unpaired) electrons. The summed E-state index contributed by atoms with van der Waals surface area (Å²) in [4.78, 5) is 0.661. The molecule has 0 aliphatic heterocycles. The number of nitrogens with zero attached hydrogens (tertiary/aromatic N) is 3. The molecule has 9 aromatic carbocycles. The first-order valence-corrected chi connectivity index (χ1v) is 20.9. The maximum Gasteiger partial charge on any atom is 0.0795 e. The summed E-state index contributed by atoms with van der Waals surface area (Å²) in [6.07, 6.45) is 2.27. The van der Waals surface area contributed by atoms with Gasteiger partial charge in [0, 0.05) is 50.3 Å². The van der Waals surface area contributed by atoms with Crippen molar-refractivity contribution in [2.45, 2.75) is 4.90 Å².